The molecule has 156 valence electrons. The number of rotatable bonds is 4. The average molecular weight is 419 g/mol. The molecule has 0 atom stereocenters. The molecule has 1 aromatic heterocycles. The summed E-state index contributed by atoms with van der Waals surface area (Å²) in [4.78, 5) is 26.6. The largest absolute Gasteiger partial charge is 0.418 e. The molecule has 5 nitrogen and oxygen atoms in total. The molecule has 9 heteroatoms. The van der Waals surface area contributed by atoms with Crippen LogP contribution < -0.4 is 10.3 Å². The van der Waals surface area contributed by atoms with Crippen molar-refractivity contribution in [2.75, 3.05) is 11.4 Å². The van der Waals surface area contributed by atoms with E-state index in [1.165, 1.54) is 42.2 Å². The second-order valence-corrected chi connectivity index (χ2v) is 6.45. The zero-order valence-corrected chi connectivity index (χ0v) is 16.1. The van der Waals surface area contributed by atoms with Crippen molar-refractivity contribution in [2.24, 2.45) is 0 Å². The van der Waals surface area contributed by atoms with E-state index < -0.39 is 34.6 Å². The highest BCUT2D eigenvalue weighted by molar-refractivity contribution is 6.04. The molecule has 0 unspecified atom stereocenters. The van der Waals surface area contributed by atoms with Crippen molar-refractivity contribution in [1.29, 1.82) is 0 Å². The zero-order valence-electron chi connectivity index (χ0n) is 16.1. The molecule has 0 N–H and O–H groups in total. The van der Waals surface area contributed by atoms with Gasteiger partial charge in [-0.2, -0.15) is 18.3 Å². The van der Waals surface area contributed by atoms with Gasteiger partial charge in [-0.05, 0) is 50.2 Å². The summed E-state index contributed by atoms with van der Waals surface area (Å²) in [6.45, 7) is 3.21. The summed E-state index contributed by atoms with van der Waals surface area (Å²) in [5.41, 5.74) is -2.05. The van der Waals surface area contributed by atoms with Crippen molar-refractivity contribution in [3.8, 4) is 5.69 Å². The monoisotopic (exact) mass is 419 g/mol. The fourth-order valence-electron chi connectivity index (χ4n) is 3.03. The zero-order chi connectivity index (χ0) is 22.1. The summed E-state index contributed by atoms with van der Waals surface area (Å²) in [6.07, 6.45) is -4.65. The van der Waals surface area contributed by atoms with Crippen LogP contribution in [-0.2, 0) is 6.18 Å². The lowest BCUT2D eigenvalue weighted by molar-refractivity contribution is -0.137. The number of aromatic nitrogens is 2. The number of benzene rings is 2. The molecular weight excluding hydrogens is 402 g/mol. The van der Waals surface area contributed by atoms with Crippen LogP contribution in [0.4, 0.5) is 23.2 Å². The molecule has 0 aliphatic carbocycles. The summed E-state index contributed by atoms with van der Waals surface area (Å²) >= 11 is 0. The number of hydrogen-bond donors (Lipinski definition) is 0. The van der Waals surface area contributed by atoms with E-state index in [0.717, 1.165) is 28.9 Å². The van der Waals surface area contributed by atoms with E-state index in [-0.39, 0.29) is 17.9 Å². The van der Waals surface area contributed by atoms with Gasteiger partial charge in [0.15, 0.2) is 5.69 Å². The van der Waals surface area contributed by atoms with Crippen LogP contribution in [0, 0.1) is 12.7 Å². The quantitative estimate of drug-likeness (QED) is 0.591. The topological polar surface area (TPSA) is 55.2 Å². The summed E-state index contributed by atoms with van der Waals surface area (Å²) in [5.74, 6) is -1.30. The van der Waals surface area contributed by atoms with Crippen molar-refractivity contribution in [3.05, 3.63) is 87.6 Å². The molecule has 0 saturated heterocycles. The smallest absolute Gasteiger partial charge is 0.307 e. The molecule has 0 saturated carbocycles. The van der Waals surface area contributed by atoms with E-state index in [1.54, 1.807) is 6.92 Å². The molecule has 3 rings (SSSR count). The second kappa shape index (κ2) is 8.10. The fraction of sp³-hybridized carbons (Fsp3) is 0.190. The van der Waals surface area contributed by atoms with Gasteiger partial charge in [0.05, 0.1) is 11.3 Å². The fourth-order valence-corrected chi connectivity index (χ4v) is 3.03. The first-order valence-corrected chi connectivity index (χ1v) is 8.98. The van der Waals surface area contributed by atoms with Crippen LogP contribution >= 0.6 is 0 Å². The summed E-state index contributed by atoms with van der Waals surface area (Å²) in [5, 5.41) is 3.97. The van der Waals surface area contributed by atoms with Crippen LogP contribution in [0.25, 0.3) is 5.69 Å². The normalized spacial score (nSPS) is 11.4. The van der Waals surface area contributed by atoms with Crippen molar-refractivity contribution in [1.82, 2.24) is 9.78 Å². The van der Waals surface area contributed by atoms with Crippen LogP contribution in [0.2, 0.25) is 0 Å². The average Bonchev–Trinajstić information content (AvgIpc) is 2.69. The first-order valence-electron chi connectivity index (χ1n) is 8.98. The first kappa shape index (κ1) is 21.2. The van der Waals surface area contributed by atoms with Crippen molar-refractivity contribution in [3.63, 3.8) is 0 Å². The predicted octanol–water partition coefficient (Wildman–Crippen LogP) is 4.37. The third kappa shape index (κ3) is 4.10. The Kier molecular flexibility index (Phi) is 5.73. The number of aryl methyl sites for hydroxylation is 1. The molecule has 2 aromatic carbocycles. The molecule has 0 fully saturated rings. The van der Waals surface area contributed by atoms with Crippen LogP contribution in [0.1, 0.15) is 28.7 Å². The number of amides is 1. The van der Waals surface area contributed by atoms with Gasteiger partial charge in [-0.15, -0.1) is 0 Å². The Morgan fingerprint density at radius 3 is 2.33 bits per heavy atom. The van der Waals surface area contributed by atoms with Gasteiger partial charge in [0.1, 0.15) is 5.82 Å². The Labute approximate surface area is 169 Å². The summed E-state index contributed by atoms with van der Waals surface area (Å²) in [6, 6.07) is 10.9. The summed E-state index contributed by atoms with van der Waals surface area (Å²) in [7, 11) is 0. The lowest BCUT2D eigenvalue weighted by Crippen LogP contribution is -2.36. The maximum absolute atomic E-state index is 13.4. The molecule has 0 spiro atoms. The molecule has 0 radical (unpaired) electrons. The maximum Gasteiger partial charge on any atom is 0.418 e. The Hall–Kier alpha value is -3.49. The summed E-state index contributed by atoms with van der Waals surface area (Å²) < 4.78 is 54.4. The molecule has 1 heterocycles. The van der Waals surface area contributed by atoms with E-state index in [4.69, 9.17) is 0 Å². The molecule has 3 aromatic rings. The maximum atomic E-state index is 13.4. The van der Waals surface area contributed by atoms with Gasteiger partial charge in [-0.3, -0.25) is 9.59 Å². The van der Waals surface area contributed by atoms with Crippen molar-refractivity contribution < 1.29 is 22.4 Å². The van der Waals surface area contributed by atoms with E-state index >= 15 is 0 Å². The number of carbonyl (C=O) groups excluding carboxylic acids is 1. The predicted molar refractivity (Wildman–Crippen MR) is 103 cm³/mol. The highest BCUT2D eigenvalue weighted by Gasteiger charge is 2.34. The van der Waals surface area contributed by atoms with Crippen molar-refractivity contribution in [2.45, 2.75) is 20.0 Å². The molecule has 0 aliphatic heterocycles. The molecular formula is C21H17F4N3O2. The van der Waals surface area contributed by atoms with Gasteiger partial charge in [0.25, 0.3) is 5.91 Å². The molecule has 0 aliphatic rings. The molecule has 30 heavy (non-hydrogen) atoms. The minimum absolute atomic E-state index is 0.137. The number of nitrogens with zero attached hydrogens (tertiary/aromatic N) is 3. The number of anilines is 1. The van der Waals surface area contributed by atoms with E-state index in [1.807, 2.05) is 0 Å². The number of alkyl halides is 3. The van der Waals surface area contributed by atoms with Gasteiger partial charge in [0, 0.05) is 24.0 Å². The van der Waals surface area contributed by atoms with Gasteiger partial charge >= 0.3 is 6.18 Å². The number of carbonyl (C=O) groups is 1. The van der Waals surface area contributed by atoms with Gasteiger partial charge in [-0.25, -0.2) is 9.07 Å². The Morgan fingerprint density at radius 2 is 1.73 bits per heavy atom. The number of para-hydroxylation sites is 1. The highest BCUT2D eigenvalue weighted by atomic mass is 19.4. The third-order valence-corrected chi connectivity index (χ3v) is 4.45. The number of hydrogen-bond acceptors (Lipinski definition) is 3. The lowest BCUT2D eigenvalue weighted by atomic mass is 10.1. The van der Waals surface area contributed by atoms with E-state index in [2.05, 4.69) is 5.10 Å². The van der Waals surface area contributed by atoms with Crippen molar-refractivity contribution >= 4 is 11.6 Å². The van der Waals surface area contributed by atoms with Gasteiger partial charge < -0.3 is 4.90 Å². The van der Waals surface area contributed by atoms with Crippen LogP contribution in [0.15, 0.2) is 59.4 Å². The Bertz CT molecular complexity index is 1140. The molecule has 0 bridgehead atoms. The number of halogens is 4. The van der Waals surface area contributed by atoms with Gasteiger partial charge in [-0.1, -0.05) is 12.1 Å². The third-order valence-electron chi connectivity index (χ3n) is 4.45. The van der Waals surface area contributed by atoms with E-state index in [0.29, 0.717) is 5.69 Å². The van der Waals surface area contributed by atoms with Crippen LogP contribution in [0.3, 0.4) is 0 Å². The Balaban J connectivity index is 2.14. The Morgan fingerprint density at radius 1 is 1.10 bits per heavy atom. The van der Waals surface area contributed by atoms with E-state index in [9.17, 15) is 27.2 Å². The minimum atomic E-state index is -4.65. The SMILES string of the molecule is CCN(C(=O)c1nn(-c2ccccc2C(F)(F)F)c(C)cc1=O)c1ccc(F)cc1. The molecule has 1 amide bonds. The lowest BCUT2D eigenvalue weighted by Gasteiger charge is -2.21. The van der Waals surface area contributed by atoms with Crippen LogP contribution in [-0.4, -0.2) is 22.2 Å². The minimum Gasteiger partial charge on any atom is -0.307 e. The second-order valence-electron chi connectivity index (χ2n) is 6.45. The standard InChI is InChI=1S/C21H17F4N3O2/c1-3-27(15-10-8-14(22)9-11-15)20(30)19-18(29)12-13(2)28(26-19)17-7-5-4-6-16(17)21(23,24)25/h4-12H,3H2,1-2H3. The van der Waals surface area contributed by atoms with Crippen LogP contribution in [0.5, 0.6) is 0 Å². The highest BCUT2D eigenvalue weighted by Crippen LogP contribution is 2.33. The first-order chi connectivity index (χ1) is 14.1. The van der Waals surface area contributed by atoms with Gasteiger partial charge in [0.2, 0.25) is 5.43 Å².